The van der Waals surface area contributed by atoms with Gasteiger partial charge >= 0.3 is 5.97 Å². The Bertz CT molecular complexity index is 754. The first-order valence-corrected chi connectivity index (χ1v) is 11.7. The molecule has 3 N–H and O–H groups in total. The van der Waals surface area contributed by atoms with Gasteiger partial charge in [-0.2, -0.15) is 10.0 Å². The fraction of sp³-hybridized carbons (Fsp3) is 0.870. The second-order valence-corrected chi connectivity index (χ2v) is 11.1. The summed E-state index contributed by atoms with van der Waals surface area (Å²) in [5, 5.41) is 31.0. The maximum atomic E-state index is 12.2. The van der Waals surface area contributed by atoms with Crippen molar-refractivity contribution in [2.24, 2.45) is 34.5 Å². The lowest BCUT2D eigenvalue weighted by molar-refractivity contribution is -1.21. The number of aliphatic hydroxyl groups is 1. The summed E-state index contributed by atoms with van der Waals surface area (Å²) < 4.78 is 5.20. The van der Waals surface area contributed by atoms with Crippen molar-refractivity contribution in [3.63, 3.8) is 0 Å². The largest absolute Gasteiger partial charge is 0.566 e. The molecule has 0 saturated heterocycles. The zero-order valence-corrected chi connectivity index (χ0v) is 18.1. The smallest absolute Gasteiger partial charge is 0.331 e. The number of rotatable bonds is 3. The van der Waals surface area contributed by atoms with Crippen LogP contribution in [0.2, 0.25) is 0 Å². The maximum absolute atomic E-state index is 12.2. The minimum atomic E-state index is -1.17. The van der Waals surface area contributed by atoms with Gasteiger partial charge in [0.25, 0.3) is 0 Å². The van der Waals surface area contributed by atoms with Crippen LogP contribution in [0.1, 0.15) is 71.6 Å². The lowest BCUT2D eigenvalue weighted by atomic mass is 9.43. The number of esters is 1. The minimum Gasteiger partial charge on any atom is -0.566 e. The molecule has 7 heteroatoms. The predicted octanol–water partition coefficient (Wildman–Crippen LogP) is 2.32. The van der Waals surface area contributed by atoms with Crippen molar-refractivity contribution in [3.05, 3.63) is 16.9 Å². The van der Waals surface area contributed by atoms with Crippen LogP contribution in [0.5, 0.6) is 0 Å². The summed E-state index contributed by atoms with van der Waals surface area (Å²) >= 11 is 0. The normalized spacial score (nSPS) is 51.4. The van der Waals surface area contributed by atoms with Gasteiger partial charge in [0.15, 0.2) is 0 Å². The molecule has 0 bridgehead atoms. The third-order valence-corrected chi connectivity index (χ3v) is 10.2. The summed E-state index contributed by atoms with van der Waals surface area (Å²) in [7, 11) is 0. The highest BCUT2D eigenvalue weighted by molar-refractivity contribution is 5.85. The van der Waals surface area contributed by atoms with Crippen LogP contribution in [0.15, 0.2) is 11.6 Å². The molecule has 30 heavy (non-hydrogen) atoms. The number of hydrogen-bond acceptors (Lipinski definition) is 6. The fourth-order valence-corrected chi connectivity index (χ4v) is 8.62. The van der Waals surface area contributed by atoms with Gasteiger partial charge in [-0.1, -0.05) is 19.2 Å². The molecule has 5 rings (SSSR count). The molecule has 0 aromatic carbocycles. The average molecular weight is 422 g/mol. The monoisotopic (exact) mass is 421 g/mol. The van der Waals surface area contributed by atoms with Crippen molar-refractivity contribution >= 4 is 5.97 Å². The van der Waals surface area contributed by atoms with Crippen molar-refractivity contribution in [2.75, 3.05) is 6.61 Å². The van der Waals surface area contributed by atoms with E-state index in [1.165, 1.54) is 0 Å². The van der Waals surface area contributed by atoms with Crippen molar-refractivity contribution < 1.29 is 30.1 Å². The third kappa shape index (κ3) is 2.85. The van der Waals surface area contributed by atoms with Crippen molar-refractivity contribution in [2.45, 2.75) is 83.3 Å². The van der Waals surface area contributed by atoms with Crippen LogP contribution < -0.4 is 5.39 Å². The quantitative estimate of drug-likeness (QED) is 0.477. The first-order chi connectivity index (χ1) is 14.2. The molecule has 9 unspecified atom stereocenters. The van der Waals surface area contributed by atoms with E-state index in [9.17, 15) is 15.1 Å². The van der Waals surface area contributed by atoms with E-state index >= 15 is 0 Å². The summed E-state index contributed by atoms with van der Waals surface area (Å²) in [5.41, 5.74) is 0.307. The van der Waals surface area contributed by atoms with Gasteiger partial charge in [0.1, 0.15) is 12.7 Å². The van der Waals surface area contributed by atoms with Crippen LogP contribution in [0.3, 0.4) is 0 Å². The predicted molar refractivity (Wildman–Crippen MR) is 107 cm³/mol. The first kappa shape index (κ1) is 20.9. The van der Waals surface area contributed by atoms with Crippen molar-refractivity contribution in [1.29, 1.82) is 0 Å². The number of quaternary nitrogens is 1. The molecule has 0 amide bonds. The molecule has 4 fully saturated rings. The van der Waals surface area contributed by atoms with E-state index in [4.69, 9.17) is 14.8 Å². The van der Waals surface area contributed by atoms with Crippen LogP contribution in [-0.4, -0.2) is 34.6 Å². The van der Waals surface area contributed by atoms with Gasteiger partial charge in [-0.3, -0.25) is 0 Å². The molecule has 0 radical (unpaired) electrons. The second kappa shape index (κ2) is 7.01. The highest BCUT2D eigenvalue weighted by atomic mass is 17.1. The van der Waals surface area contributed by atoms with Gasteiger partial charge in [0.2, 0.25) is 0 Å². The van der Waals surface area contributed by atoms with Crippen LogP contribution in [0.4, 0.5) is 0 Å². The number of cyclic esters (lactones) is 1. The van der Waals surface area contributed by atoms with Crippen LogP contribution in [-0.2, 0) is 14.4 Å². The Morgan fingerprint density at radius 1 is 1.13 bits per heavy atom. The van der Waals surface area contributed by atoms with E-state index in [1.54, 1.807) is 6.08 Å². The molecular formula is C23H35NO6. The van der Waals surface area contributed by atoms with Gasteiger partial charge in [0, 0.05) is 11.5 Å². The molecule has 4 aliphatic carbocycles. The van der Waals surface area contributed by atoms with E-state index in [2.05, 4.69) is 13.8 Å². The van der Waals surface area contributed by atoms with Gasteiger partial charge < -0.3 is 15.1 Å². The number of carbonyl (C=O) groups excluding carboxylic acids is 1. The molecule has 1 aliphatic heterocycles. The lowest BCUT2D eigenvalue weighted by Crippen LogP contribution is -3.04. The maximum Gasteiger partial charge on any atom is 0.331 e. The van der Waals surface area contributed by atoms with E-state index in [-0.39, 0.29) is 34.7 Å². The molecular weight excluding hydrogens is 386 g/mol. The van der Waals surface area contributed by atoms with Crippen LogP contribution in [0, 0.1) is 39.7 Å². The Hall–Kier alpha value is -0.990. The van der Waals surface area contributed by atoms with E-state index < -0.39 is 11.0 Å². The molecule has 7 nitrogen and oxygen atoms in total. The Kier molecular flexibility index (Phi) is 4.88. The zero-order valence-electron chi connectivity index (χ0n) is 18.1. The average Bonchev–Trinajstić information content (AvgIpc) is 3.22. The standard InChI is InChI=1S/C23H35NO6/c1-21-8-5-16(30-24(27)28)12-15(21)3-4-19-18(21)6-9-22(2)17(7-10-23(19,22)26)14-11-20(25)29-13-14/h11,15-19,24,26-27H,3-10,12-13H2,1-2H3. The molecule has 4 saturated carbocycles. The van der Waals surface area contributed by atoms with Gasteiger partial charge in [-0.25, -0.2) is 4.79 Å². The fourth-order valence-electron chi connectivity index (χ4n) is 8.62. The second-order valence-electron chi connectivity index (χ2n) is 11.1. The number of ether oxygens (including phenoxy) is 1. The minimum absolute atomic E-state index is 0.141. The topological polar surface area (TPSA) is 103 Å². The number of nitrogens with one attached hydrogen (secondary N) is 1. The summed E-state index contributed by atoms with van der Waals surface area (Å²) in [6.45, 7) is 5.01. The SMILES string of the molecule is CC12CCC(O[NH+]([O-])O)CC1CCC1C2CCC2(C)C(C3=CC(=O)OC3)CCC12O. The molecule has 0 aromatic rings. The summed E-state index contributed by atoms with van der Waals surface area (Å²) in [5.74, 6) is 1.18. The highest BCUT2D eigenvalue weighted by Crippen LogP contribution is 2.69. The summed E-state index contributed by atoms with van der Waals surface area (Å²) in [6, 6.07) is 0. The van der Waals surface area contributed by atoms with E-state index in [0.717, 1.165) is 63.4 Å². The zero-order chi connectivity index (χ0) is 21.3. The van der Waals surface area contributed by atoms with E-state index in [0.29, 0.717) is 18.4 Å². The van der Waals surface area contributed by atoms with Crippen LogP contribution in [0.25, 0.3) is 0 Å². The highest BCUT2D eigenvalue weighted by Gasteiger charge is 2.67. The Morgan fingerprint density at radius 3 is 2.63 bits per heavy atom. The van der Waals surface area contributed by atoms with Gasteiger partial charge in [-0.05, 0) is 92.4 Å². The number of fused-ring (bicyclic) bond motifs is 5. The lowest BCUT2D eigenvalue weighted by Gasteiger charge is -2.63. The first-order valence-electron chi connectivity index (χ1n) is 11.7. The Balaban J connectivity index is 1.39. The molecule has 0 spiro atoms. The molecule has 5 aliphatic rings. The summed E-state index contributed by atoms with van der Waals surface area (Å²) in [4.78, 5) is 16.8. The van der Waals surface area contributed by atoms with Crippen molar-refractivity contribution in [3.8, 4) is 0 Å². The van der Waals surface area contributed by atoms with Gasteiger partial charge in [-0.15, -0.1) is 0 Å². The van der Waals surface area contributed by atoms with Gasteiger partial charge in [0.05, 0.1) is 5.60 Å². The third-order valence-electron chi connectivity index (χ3n) is 10.2. The van der Waals surface area contributed by atoms with E-state index in [1.807, 2.05) is 0 Å². The van der Waals surface area contributed by atoms with Crippen molar-refractivity contribution in [1.82, 2.24) is 0 Å². The molecule has 0 aromatic heterocycles. The summed E-state index contributed by atoms with van der Waals surface area (Å²) in [6.07, 6.45) is 9.87. The molecule has 9 atom stereocenters. The Morgan fingerprint density at radius 2 is 1.93 bits per heavy atom. The number of hydrogen-bond donors (Lipinski definition) is 3. The molecule has 168 valence electrons. The Labute approximate surface area is 177 Å². The molecule has 1 heterocycles. The van der Waals surface area contributed by atoms with Crippen LogP contribution >= 0.6 is 0 Å². The number of carbonyl (C=O) groups is 1.